The summed E-state index contributed by atoms with van der Waals surface area (Å²) in [6.45, 7) is 0.296. The highest BCUT2D eigenvalue weighted by molar-refractivity contribution is 5.54. The molecule has 14 heavy (non-hydrogen) atoms. The van der Waals surface area contributed by atoms with E-state index < -0.39 is 0 Å². The second-order valence-corrected chi connectivity index (χ2v) is 2.81. The van der Waals surface area contributed by atoms with E-state index >= 15 is 0 Å². The van der Waals surface area contributed by atoms with Gasteiger partial charge in [0.15, 0.2) is 0 Å². The number of nitrogens with zero attached hydrogens (tertiary/aromatic N) is 1. The Kier molecular flexibility index (Phi) is 3.84. The van der Waals surface area contributed by atoms with Crippen molar-refractivity contribution in [3.8, 4) is 6.07 Å². The maximum Gasteiger partial charge on any atom is 0.123 e. The lowest BCUT2D eigenvalue weighted by Crippen LogP contribution is -1.99. The van der Waals surface area contributed by atoms with Crippen LogP contribution in [0.15, 0.2) is 24.3 Å². The van der Waals surface area contributed by atoms with Crippen LogP contribution in [0.2, 0.25) is 0 Å². The fourth-order valence-corrected chi connectivity index (χ4v) is 1.15. The first kappa shape index (κ1) is 10.4. The molecule has 0 amide bonds. The van der Waals surface area contributed by atoms with Crippen molar-refractivity contribution in [2.24, 2.45) is 5.73 Å². The molecule has 0 fully saturated rings. The zero-order chi connectivity index (χ0) is 10.4. The van der Waals surface area contributed by atoms with Crippen molar-refractivity contribution in [1.82, 2.24) is 0 Å². The van der Waals surface area contributed by atoms with Gasteiger partial charge in [-0.1, -0.05) is 18.2 Å². The summed E-state index contributed by atoms with van der Waals surface area (Å²) in [5.74, 6) is -0.289. The molecular formula is C11H11FN2. The van der Waals surface area contributed by atoms with Gasteiger partial charge in [0, 0.05) is 6.54 Å². The van der Waals surface area contributed by atoms with E-state index in [0.29, 0.717) is 13.0 Å². The number of allylic oxidation sites excluding steroid dienone is 1. The quantitative estimate of drug-likeness (QED) is 0.794. The lowest BCUT2D eigenvalue weighted by Gasteiger charge is -2.02. The molecule has 2 nitrogen and oxygen atoms in total. The summed E-state index contributed by atoms with van der Waals surface area (Å²) in [5, 5.41) is 8.33. The topological polar surface area (TPSA) is 49.8 Å². The summed E-state index contributed by atoms with van der Waals surface area (Å²) in [6.07, 6.45) is 3.86. The number of nitriles is 1. The first-order chi connectivity index (χ1) is 6.77. The molecule has 0 spiro atoms. The van der Waals surface area contributed by atoms with Crippen molar-refractivity contribution < 1.29 is 4.39 Å². The standard InChI is InChI=1S/C11H11FN2/c12-11-5-4-9(3-1-2-6-13)10(7-11)8-14/h1,3-5,7H,2,8,14H2. The second-order valence-electron chi connectivity index (χ2n) is 2.81. The molecule has 0 aliphatic carbocycles. The monoisotopic (exact) mass is 190 g/mol. The van der Waals surface area contributed by atoms with Gasteiger partial charge in [-0.2, -0.15) is 5.26 Å². The van der Waals surface area contributed by atoms with E-state index in [1.807, 2.05) is 6.07 Å². The largest absolute Gasteiger partial charge is 0.326 e. The molecule has 0 saturated heterocycles. The number of halogens is 1. The Hall–Kier alpha value is -1.66. The van der Waals surface area contributed by atoms with Crippen molar-refractivity contribution >= 4 is 6.08 Å². The SMILES string of the molecule is N#CCC=Cc1ccc(F)cc1CN. The molecule has 0 radical (unpaired) electrons. The summed E-state index contributed by atoms with van der Waals surface area (Å²) in [4.78, 5) is 0. The van der Waals surface area contributed by atoms with E-state index in [9.17, 15) is 4.39 Å². The minimum Gasteiger partial charge on any atom is -0.326 e. The molecule has 1 rings (SSSR count). The van der Waals surface area contributed by atoms with E-state index in [2.05, 4.69) is 0 Å². The van der Waals surface area contributed by atoms with E-state index in [4.69, 9.17) is 11.0 Å². The number of nitrogens with two attached hydrogens (primary N) is 1. The third kappa shape index (κ3) is 2.68. The predicted molar refractivity (Wildman–Crippen MR) is 53.6 cm³/mol. The molecule has 0 saturated carbocycles. The van der Waals surface area contributed by atoms with Crippen LogP contribution in [0.3, 0.4) is 0 Å². The van der Waals surface area contributed by atoms with E-state index in [1.54, 1.807) is 18.2 Å². The van der Waals surface area contributed by atoms with Gasteiger partial charge in [-0.3, -0.25) is 0 Å². The van der Waals surface area contributed by atoms with Crippen molar-refractivity contribution in [1.29, 1.82) is 5.26 Å². The summed E-state index contributed by atoms with van der Waals surface area (Å²) >= 11 is 0. The van der Waals surface area contributed by atoms with Crippen molar-refractivity contribution in [2.75, 3.05) is 0 Å². The Balaban J connectivity index is 2.92. The van der Waals surface area contributed by atoms with Gasteiger partial charge in [-0.05, 0) is 23.3 Å². The second kappa shape index (κ2) is 5.15. The van der Waals surface area contributed by atoms with Gasteiger partial charge < -0.3 is 5.73 Å². The zero-order valence-corrected chi connectivity index (χ0v) is 7.70. The Bertz CT molecular complexity index is 377. The Morgan fingerprint density at radius 2 is 2.29 bits per heavy atom. The highest BCUT2D eigenvalue weighted by Crippen LogP contribution is 2.12. The lowest BCUT2D eigenvalue weighted by molar-refractivity contribution is 0.625. The van der Waals surface area contributed by atoms with Gasteiger partial charge in [-0.15, -0.1) is 0 Å². The predicted octanol–water partition coefficient (Wildman–Crippen LogP) is 2.21. The summed E-state index contributed by atoms with van der Waals surface area (Å²) in [6, 6.07) is 6.44. The van der Waals surface area contributed by atoms with E-state index in [1.165, 1.54) is 12.1 Å². The molecule has 3 heteroatoms. The average Bonchev–Trinajstić information content (AvgIpc) is 2.20. The Morgan fingerprint density at radius 3 is 2.93 bits per heavy atom. The Morgan fingerprint density at radius 1 is 1.50 bits per heavy atom. The molecule has 72 valence electrons. The number of hydrogen-bond donors (Lipinski definition) is 1. The Labute approximate surface area is 82.5 Å². The first-order valence-corrected chi connectivity index (χ1v) is 4.30. The summed E-state index contributed by atoms with van der Waals surface area (Å²) in [5.41, 5.74) is 7.07. The van der Waals surface area contributed by atoms with Gasteiger partial charge in [0.05, 0.1) is 12.5 Å². The molecule has 0 unspecified atom stereocenters. The third-order valence-electron chi connectivity index (χ3n) is 1.83. The van der Waals surface area contributed by atoms with Gasteiger partial charge in [0.25, 0.3) is 0 Å². The van der Waals surface area contributed by atoms with Crippen LogP contribution in [0, 0.1) is 17.1 Å². The molecular weight excluding hydrogens is 179 g/mol. The molecule has 2 N–H and O–H groups in total. The van der Waals surface area contributed by atoms with Crippen molar-refractivity contribution in [3.05, 3.63) is 41.2 Å². The van der Waals surface area contributed by atoms with Crippen LogP contribution in [-0.2, 0) is 6.54 Å². The molecule has 0 aromatic heterocycles. The highest BCUT2D eigenvalue weighted by atomic mass is 19.1. The van der Waals surface area contributed by atoms with Crippen LogP contribution < -0.4 is 5.73 Å². The number of benzene rings is 1. The highest BCUT2D eigenvalue weighted by Gasteiger charge is 1.98. The molecule has 1 aromatic rings. The van der Waals surface area contributed by atoms with Crippen LogP contribution in [0.25, 0.3) is 6.08 Å². The van der Waals surface area contributed by atoms with Gasteiger partial charge in [0.2, 0.25) is 0 Å². The third-order valence-corrected chi connectivity index (χ3v) is 1.83. The summed E-state index contributed by atoms with van der Waals surface area (Å²) in [7, 11) is 0. The van der Waals surface area contributed by atoms with Gasteiger partial charge in [-0.25, -0.2) is 4.39 Å². The van der Waals surface area contributed by atoms with Crippen molar-refractivity contribution in [2.45, 2.75) is 13.0 Å². The number of rotatable bonds is 3. The van der Waals surface area contributed by atoms with Crippen LogP contribution in [0.5, 0.6) is 0 Å². The van der Waals surface area contributed by atoms with E-state index in [-0.39, 0.29) is 5.82 Å². The first-order valence-electron chi connectivity index (χ1n) is 4.30. The fourth-order valence-electron chi connectivity index (χ4n) is 1.15. The maximum absolute atomic E-state index is 12.8. The molecule has 0 aliphatic rings. The molecule has 0 atom stereocenters. The average molecular weight is 190 g/mol. The molecule has 0 heterocycles. The zero-order valence-electron chi connectivity index (χ0n) is 7.70. The van der Waals surface area contributed by atoms with Gasteiger partial charge >= 0.3 is 0 Å². The van der Waals surface area contributed by atoms with E-state index in [0.717, 1.165) is 11.1 Å². The smallest absolute Gasteiger partial charge is 0.123 e. The summed E-state index contributed by atoms with van der Waals surface area (Å²) < 4.78 is 12.8. The maximum atomic E-state index is 12.8. The van der Waals surface area contributed by atoms with Crippen LogP contribution in [-0.4, -0.2) is 0 Å². The molecule has 0 aliphatic heterocycles. The molecule has 0 bridgehead atoms. The minimum atomic E-state index is -0.289. The van der Waals surface area contributed by atoms with Crippen LogP contribution >= 0.6 is 0 Å². The fraction of sp³-hybridized carbons (Fsp3) is 0.182. The minimum absolute atomic E-state index is 0.289. The van der Waals surface area contributed by atoms with Crippen LogP contribution in [0.4, 0.5) is 4.39 Å². The molecule has 1 aromatic carbocycles. The van der Waals surface area contributed by atoms with Gasteiger partial charge in [0.1, 0.15) is 5.82 Å². The lowest BCUT2D eigenvalue weighted by atomic mass is 10.1. The number of hydrogen-bond acceptors (Lipinski definition) is 2. The van der Waals surface area contributed by atoms with Crippen molar-refractivity contribution in [3.63, 3.8) is 0 Å². The van der Waals surface area contributed by atoms with Crippen LogP contribution in [0.1, 0.15) is 17.5 Å². The normalized spacial score (nSPS) is 10.4.